The van der Waals surface area contributed by atoms with Gasteiger partial charge in [0, 0.05) is 15.4 Å². The van der Waals surface area contributed by atoms with Gasteiger partial charge in [0.1, 0.15) is 11.4 Å². The molecule has 5 nitrogen and oxygen atoms in total. The minimum absolute atomic E-state index is 0. The van der Waals surface area contributed by atoms with E-state index < -0.39 is 10.9 Å². The molecule has 0 unspecified atom stereocenters. The SMILES string of the molecule is CC.CNC.C[C@H](Cc1ccsc1)Nc1c(NCCCc2ccccc2)c(=O)c1=O.[HH].[HH]. The molecular weight excluding hydrogens is 394 g/mol. The molecule has 3 aromatic rings. The summed E-state index contributed by atoms with van der Waals surface area (Å²) in [5.41, 5.74) is 2.56. The Morgan fingerprint density at radius 2 is 1.60 bits per heavy atom. The summed E-state index contributed by atoms with van der Waals surface area (Å²) in [5.74, 6) is 0. The van der Waals surface area contributed by atoms with Crippen molar-refractivity contribution in [2.75, 3.05) is 31.3 Å². The van der Waals surface area contributed by atoms with E-state index in [4.69, 9.17) is 0 Å². The fourth-order valence-corrected chi connectivity index (χ4v) is 3.59. The predicted molar refractivity (Wildman–Crippen MR) is 136 cm³/mol. The van der Waals surface area contributed by atoms with Gasteiger partial charge in [-0.2, -0.15) is 11.3 Å². The topological polar surface area (TPSA) is 70.2 Å². The molecule has 0 aliphatic rings. The largest absolute Gasteiger partial charge is 0.380 e. The first-order chi connectivity index (χ1) is 14.6. The van der Waals surface area contributed by atoms with Gasteiger partial charge in [-0.3, -0.25) is 9.59 Å². The highest BCUT2D eigenvalue weighted by molar-refractivity contribution is 7.07. The van der Waals surface area contributed by atoms with E-state index in [1.165, 1.54) is 11.1 Å². The Bertz CT molecular complexity index is 896. The highest BCUT2D eigenvalue weighted by Crippen LogP contribution is 2.18. The molecule has 0 fully saturated rings. The van der Waals surface area contributed by atoms with E-state index in [0.717, 1.165) is 19.3 Å². The van der Waals surface area contributed by atoms with Gasteiger partial charge in [-0.25, -0.2) is 0 Å². The molecule has 1 heterocycles. The quantitative estimate of drug-likeness (QED) is 0.334. The van der Waals surface area contributed by atoms with Crippen LogP contribution in [0.3, 0.4) is 0 Å². The van der Waals surface area contributed by atoms with E-state index in [9.17, 15) is 9.59 Å². The maximum Gasteiger partial charge on any atom is 0.253 e. The van der Waals surface area contributed by atoms with Gasteiger partial charge in [-0.1, -0.05) is 44.2 Å². The fourth-order valence-electron chi connectivity index (χ4n) is 2.91. The molecule has 0 spiro atoms. The smallest absolute Gasteiger partial charge is 0.253 e. The summed E-state index contributed by atoms with van der Waals surface area (Å²) in [6, 6.07) is 12.4. The molecule has 0 aliphatic carbocycles. The zero-order valence-corrected chi connectivity index (χ0v) is 19.6. The van der Waals surface area contributed by atoms with E-state index in [1.807, 2.05) is 58.4 Å². The summed E-state index contributed by atoms with van der Waals surface area (Å²) in [6.07, 6.45) is 2.68. The summed E-state index contributed by atoms with van der Waals surface area (Å²) in [4.78, 5) is 23.7. The molecule has 3 rings (SSSR count). The van der Waals surface area contributed by atoms with Gasteiger partial charge in [0.15, 0.2) is 0 Å². The molecule has 30 heavy (non-hydrogen) atoms. The maximum atomic E-state index is 11.9. The normalized spacial score (nSPS) is 11.0. The van der Waals surface area contributed by atoms with Crippen molar-refractivity contribution in [1.29, 1.82) is 0 Å². The summed E-state index contributed by atoms with van der Waals surface area (Å²) < 4.78 is 0. The van der Waals surface area contributed by atoms with Crippen LogP contribution in [0, 0.1) is 0 Å². The van der Waals surface area contributed by atoms with E-state index in [-0.39, 0.29) is 8.90 Å². The van der Waals surface area contributed by atoms with Crippen molar-refractivity contribution < 1.29 is 2.85 Å². The lowest BCUT2D eigenvalue weighted by Crippen LogP contribution is -2.39. The maximum absolute atomic E-state index is 11.9. The second kappa shape index (κ2) is 14.5. The van der Waals surface area contributed by atoms with Gasteiger partial charge in [-0.15, -0.1) is 0 Å². The second-order valence-corrected chi connectivity index (χ2v) is 7.59. The van der Waals surface area contributed by atoms with Gasteiger partial charge in [-0.05, 0) is 68.2 Å². The van der Waals surface area contributed by atoms with Gasteiger partial charge in [0.25, 0.3) is 10.9 Å². The van der Waals surface area contributed by atoms with Crippen molar-refractivity contribution in [2.24, 2.45) is 0 Å². The van der Waals surface area contributed by atoms with Gasteiger partial charge < -0.3 is 16.0 Å². The van der Waals surface area contributed by atoms with Crippen LogP contribution in [0.2, 0.25) is 0 Å². The lowest BCUT2D eigenvalue weighted by atomic mass is 10.1. The first-order valence-corrected chi connectivity index (χ1v) is 11.5. The molecule has 0 saturated carbocycles. The summed E-state index contributed by atoms with van der Waals surface area (Å²) in [5, 5.41) is 13.2. The van der Waals surface area contributed by atoms with Gasteiger partial charge in [0.05, 0.1) is 0 Å². The van der Waals surface area contributed by atoms with Crippen LogP contribution in [0.1, 0.15) is 41.2 Å². The van der Waals surface area contributed by atoms with Crippen molar-refractivity contribution in [1.82, 2.24) is 5.32 Å². The molecule has 0 bridgehead atoms. The number of hydrogen-bond acceptors (Lipinski definition) is 6. The number of benzene rings is 1. The number of hydrogen-bond donors (Lipinski definition) is 3. The van der Waals surface area contributed by atoms with Crippen LogP contribution in [0.5, 0.6) is 0 Å². The van der Waals surface area contributed by atoms with E-state index >= 15 is 0 Å². The van der Waals surface area contributed by atoms with Crippen molar-refractivity contribution in [2.45, 2.75) is 46.1 Å². The Hall–Kier alpha value is -2.44. The average Bonchev–Trinajstić information content (AvgIpc) is 3.28. The average molecular weight is 434 g/mol. The van der Waals surface area contributed by atoms with E-state index in [1.54, 1.807) is 11.3 Å². The minimum atomic E-state index is -0.414. The molecule has 1 aromatic heterocycles. The van der Waals surface area contributed by atoms with Crippen LogP contribution >= 0.6 is 11.3 Å². The van der Waals surface area contributed by atoms with Crippen molar-refractivity contribution in [3.05, 3.63) is 78.7 Å². The highest BCUT2D eigenvalue weighted by atomic mass is 32.1. The lowest BCUT2D eigenvalue weighted by molar-refractivity contribution is 0.788. The summed E-state index contributed by atoms with van der Waals surface area (Å²) >= 11 is 1.66. The number of thiophene rings is 1. The molecule has 168 valence electrons. The van der Waals surface area contributed by atoms with Crippen molar-refractivity contribution in [3.8, 4) is 0 Å². The molecule has 0 radical (unpaired) electrons. The first-order valence-electron chi connectivity index (χ1n) is 10.5. The van der Waals surface area contributed by atoms with Gasteiger partial charge >= 0.3 is 0 Å². The molecule has 6 heteroatoms. The van der Waals surface area contributed by atoms with E-state index in [2.05, 4.69) is 39.5 Å². The Balaban J connectivity index is 0. The third kappa shape index (κ3) is 8.13. The minimum Gasteiger partial charge on any atom is -0.380 e. The van der Waals surface area contributed by atoms with Crippen LogP contribution in [0.4, 0.5) is 11.4 Å². The van der Waals surface area contributed by atoms with Gasteiger partial charge in [0.2, 0.25) is 0 Å². The Morgan fingerprint density at radius 3 is 2.20 bits per heavy atom. The van der Waals surface area contributed by atoms with Crippen LogP contribution in [0.25, 0.3) is 0 Å². The number of aryl methyl sites for hydroxylation is 1. The van der Waals surface area contributed by atoms with Crippen molar-refractivity contribution >= 4 is 22.7 Å². The summed E-state index contributed by atoms with van der Waals surface area (Å²) in [7, 11) is 3.75. The monoisotopic (exact) mass is 433 g/mol. The van der Waals surface area contributed by atoms with Crippen LogP contribution in [-0.2, 0) is 12.8 Å². The number of anilines is 2. The Morgan fingerprint density at radius 1 is 0.967 bits per heavy atom. The van der Waals surface area contributed by atoms with Crippen LogP contribution < -0.4 is 26.8 Å². The number of nitrogens with one attached hydrogen (secondary N) is 3. The Labute approximate surface area is 187 Å². The van der Waals surface area contributed by atoms with Crippen molar-refractivity contribution in [3.63, 3.8) is 0 Å². The third-order valence-corrected chi connectivity index (χ3v) is 4.94. The lowest BCUT2D eigenvalue weighted by Gasteiger charge is -2.19. The van der Waals surface area contributed by atoms with Crippen LogP contribution in [-0.4, -0.2) is 26.7 Å². The molecule has 1 atom stereocenters. The molecule has 0 aliphatic heterocycles. The number of rotatable bonds is 9. The molecule has 3 N–H and O–H groups in total. The summed E-state index contributed by atoms with van der Waals surface area (Å²) in [6.45, 7) is 6.70. The third-order valence-electron chi connectivity index (χ3n) is 4.21. The van der Waals surface area contributed by atoms with E-state index in [0.29, 0.717) is 17.9 Å². The zero-order valence-electron chi connectivity index (χ0n) is 18.7. The zero-order chi connectivity index (χ0) is 22.4. The standard InChI is InChI=1S/C20H22N2O2S.C2H7N.C2H6.2H2/c1-14(12-16-9-11-25-13-16)22-18-17(19(23)20(18)24)21-10-5-8-15-6-3-2-4-7-15;1-3-2;1-2;;/h2-4,6-7,9,11,13-14,21-22H,5,8,10,12H2,1H3;3H,1-2H3;1-2H3;2*1H/t14-;;;;/m1..../s1. The second-order valence-electron chi connectivity index (χ2n) is 6.81. The van der Waals surface area contributed by atoms with Crippen LogP contribution in [0.15, 0.2) is 56.7 Å². The molecular formula is C24H39N3O2S. The first kappa shape index (κ1) is 25.6. The predicted octanol–water partition coefficient (Wildman–Crippen LogP) is 4.79. The molecule has 0 amide bonds. The molecule has 2 aromatic carbocycles. The Kier molecular flexibility index (Phi) is 12.4. The fraction of sp³-hybridized carbons (Fsp3) is 0.417. The molecule has 0 saturated heterocycles. The highest BCUT2D eigenvalue weighted by Gasteiger charge is 2.21.